The largest absolute Gasteiger partial charge is 0.0814 e. The second-order valence-corrected chi connectivity index (χ2v) is 6.69. The van der Waals surface area contributed by atoms with Crippen LogP contribution in [-0.2, 0) is 0 Å². The number of rotatable bonds is 3. The first-order valence-corrected chi connectivity index (χ1v) is 7.05. The summed E-state index contributed by atoms with van der Waals surface area (Å²) in [5.74, 6) is 4.86. The first kappa shape index (κ1) is 13.8. The van der Waals surface area contributed by atoms with Crippen LogP contribution in [0.2, 0.25) is 0 Å². The van der Waals surface area contributed by atoms with Crippen LogP contribution in [0.4, 0.5) is 0 Å². The third-order valence-electron chi connectivity index (χ3n) is 4.53. The van der Waals surface area contributed by atoms with Gasteiger partial charge in [-0.15, -0.1) is 0 Å². The van der Waals surface area contributed by atoms with Gasteiger partial charge in [0.1, 0.15) is 0 Å². The fraction of sp³-hybridized carbons (Fsp3) is 0.875. The normalized spacial score (nSPS) is 31.4. The van der Waals surface area contributed by atoms with Crippen molar-refractivity contribution in [2.24, 2.45) is 35.5 Å². The van der Waals surface area contributed by atoms with Gasteiger partial charge in [0.05, 0.1) is 0 Å². The average molecular weight is 222 g/mol. The molecule has 0 aromatic heterocycles. The number of hydrogen-bond acceptors (Lipinski definition) is 0. The topological polar surface area (TPSA) is 0 Å². The van der Waals surface area contributed by atoms with Gasteiger partial charge >= 0.3 is 0 Å². The lowest BCUT2D eigenvalue weighted by atomic mass is 9.65. The highest BCUT2D eigenvalue weighted by Gasteiger charge is 2.33. The van der Waals surface area contributed by atoms with E-state index in [1.54, 1.807) is 5.57 Å². The van der Waals surface area contributed by atoms with Crippen molar-refractivity contribution in [1.29, 1.82) is 0 Å². The van der Waals surface area contributed by atoms with Gasteiger partial charge in [-0.1, -0.05) is 60.1 Å². The SMILES string of the molecule is CC(C)C1=CC(C(C)C)C(C)C(C(C)C)C1. The van der Waals surface area contributed by atoms with Gasteiger partial charge in [-0.2, -0.15) is 0 Å². The van der Waals surface area contributed by atoms with E-state index in [0.717, 1.165) is 35.5 Å². The molecular weight excluding hydrogens is 192 g/mol. The Kier molecular flexibility index (Phi) is 4.64. The highest BCUT2D eigenvalue weighted by molar-refractivity contribution is 5.14. The third kappa shape index (κ3) is 2.90. The van der Waals surface area contributed by atoms with Gasteiger partial charge in [0.2, 0.25) is 0 Å². The highest BCUT2D eigenvalue weighted by atomic mass is 14.4. The second-order valence-electron chi connectivity index (χ2n) is 6.69. The lowest BCUT2D eigenvalue weighted by Crippen LogP contribution is -2.32. The summed E-state index contributed by atoms with van der Waals surface area (Å²) >= 11 is 0. The fourth-order valence-corrected chi connectivity index (χ4v) is 3.28. The zero-order valence-electron chi connectivity index (χ0n) is 12.2. The van der Waals surface area contributed by atoms with Gasteiger partial charge < -0.3 is 0 Å². The Morgan fingerprint density at radius 2 is 1.56 bits per heavy atom. The summed E-state index contributed by atoms with van der Waals surface area (Å²) in [7, 11) is 0. The Balaban J connectivity index is 2.95. The molecule has 3 atom stereocenters. The zero-order chi connectivity index (χ0) is 12.5. The van der Waals surface area contributed by atoms with Crippen LogP contribution in [0.1, 0.15) is 54.9 Å². The predicted molar refractivity (Wildman–Crippen MR) is 73.4 cm³/mol. The van der Waals surface area contributed by atoms with Crippen LogP contribution in [0.5, 0.6) is 0 Å². The Morgan fingerprint density at radius 3 is 1.94 bits per heavy atom. The van der Waals surface area contributed by atoms with Crippen LogP contribution < -0.4 is 0 Å². The van der Waals surface area contributed by atoms with E-state index >= 15 is 0 Å². The molecule has 0 N–H and O–H groups in total. The van der Waals surface area contributed by atoms with Crippen molar-refractivity contribution in [2.45, 2.75) is 54.9 Å². The standard InChI is InChI=1S/C16H30/c1-10(2)14-8-15(11(3)4)13(7)16(9-14)12(5)6/h8,10-13,15-16H,9H2,1-7H3. The van der Waals surface area contributed by atoms with Gasteiger partial charge in [-0.25, -0.2) is 0 Å². The van der Waals surface area contributed by atoms with Crippen LogP contribution in [-0.4, -0.2) is 0 Å². The maximum atomic E-state index is 2.60. The molecule has 1 rings (SSSR count). The molecule has 0 saturated heterocycles. The van der Waals surface area contributed by atoms with Crippen molar-refractivity contribution in [1.82, 2.24) is 0 Å². The molecule has 0 aromatic carbocycles. The summed E-state index contributed by atoms with van der Waals surface area (Å²) < 4.78 is 0. The summed E-state index contributed by atoms with van der Waals surface area (Å²) in [6, 6.07) is 0. The van der Waals surface area contributed by atoms with Gasteiger partial charge in [0, 0.05) is 0 Å². The minimum absolute atomic E-state index is 0.731. The molecule has 0 saturated carbocycles. The van der Waals surface area contributed by atoms with Crippen LogP contribution in [0, 0.1) is 35.5 Å². The number of hydrogen-bond donors (Lipinski definition) is 0. The summed E-state index contributed by atoms with van der Waals surface area (Å²) in [5, 5.41) is 0. The molecule has 3 unspecified atom stereocenters. The van der Waals surface area contributed by atoms with Crippen molar-refractivity contribution in [3.05, 3.63) is 11.6 Å². The maximum Gasteiger partial charge on any atom is -0.0179 e. The molecule has 0 amide bonds. The van der Waals surface area contributed by atoms with E-state index in [1.165, 1.54) is 6.42 Å². The summed E-state index contributed by atoms with van der Waals surface area (Å²) in [4.78, 5) is 0. The van der Waals surface area contributed by atoms with E-state index < -0.39 is 0 Å². The van der Waals surface area contributed by atoms with Gasteiger partial charge in [-0.3, -0.25) is 0 Å². The minimum Gasteiger partial charge on any atom is -0.0814 e. The first-order valence-electron chi connectivity index (χ1n) is 7.05. The Labute approximate surface area is 103 Å². The Morgan fingerprint density at radius 1 is 1.00 bits per heavy atom. The lowest BCUT2D eigenvalue weighted by molar-refractivity contribution is 0.167. The monoisotopic (exact) mass is 222 g/mol. The molecule has 0 aliphatic heterocycles. The van der Waals surface area contributed by atoms with Gasteiger partial charge in [0.15, 0.2) is 0 Å². The van der Waals surface area contributed by atoms with E-state index in [2.05, 4.69) is 54.5 Å². The average Bonchev–Trinajstić information content (AvgIpc) is 2.16. The molecule has 16 heavy (non-hydrogen) atoms. The van der Waals surface area contributed by atoms with Crippen LogP contribution in [0.25, 0.3) is 0 Å². The van der Waals surface area contributed by atoms with E-state index in [0.29, 0.717) is 0 Å². The van der Waals surface area contributed by atoms with Crippen molar-refractivity contribution < 1.29 is 0 Å². The highest BCUT2D eigenvalue weighted by Crippen LogP contribution is 2.42. The molecule has 0 heteroatoms. The van der Waals surface area contributed by atoms with E-state index in [4.69, 9.17) is 0 Å². The van der Waals surface area contributed by atoms with E-state index in [-0.39, 0.29) is 0 Å². The molecule has 0 radical (unpaired) electrons. The summed E-state index contributed by atoms with van der Waals surface area (Å²) in [5.41, 5.74) is 1.70. The van der Waals surface area contributed by atoms with Crippen molar-refractivity contribution in [2.75, 3.05) is 0 Å². The maximum absolute atomic E-state index is 2.60. The molecule has 1 aliphatic rings. The first-order chi connectivity index (χ1) is 7.34. The Hall–Kier alpha value is -0.260. The number of allylic oxidation sites excluding steroid dienone is 2. The van der Waals surface area contributed by atoms with Crippen LogP contribution >= 0.6 is 0 Å². The van der Waals surface area contributed by atoms with Gasteiger partial charge in [0.25, 0.3) is 0 Å². The van der Waals surface area contributed by atoms with Crippen molar-refractivity contribution in [3.8, 4) is 0 Å². The van der Waals surface area contributed by atoms with E-state index in [9.17, 15) is 0 Å². The quantitative estimate of drug-likeness (QED) is 0.579. The lowest BCUT2D eigenvalue weighted by Gasteiger charge is -2.40. The zero-order valence-corrected chi connectivity index (χ0v) is 12.2. The molecule has 0 fully saturated rings. The summed E-state index contributed by atoms with van der Waals surface area (Å²) in [6.07, 6.45) is 3.93. The molecular formula is C16H30. The minimum atomic E-state index is 0.731. The molecule has 1 aliphatic carbocycles. The third-order valence-corrected chi connectivity index (χ3v) is 4.53. The van der Waals surface area contributed by atoms with E-state index in [1.807, 2.05) is 0 Å². The van der Waals surface area contributed by atoms with Crippen LogP contribution in [0.3, 0.4) is 0 Å². The smallest absolute Gasteiger partial charge is 0.0179 e. The fourth-order valence-electron chi connectivity index (χ4n) is 3.28. The molecule has 0 aromatic rings. The molecule has 94 valence electrons. The van der Waals surface area contributed by atoms with Crippen molar-refractivity contribution in [3.63, 3.8) is 0 Å². The summed E-state index contributed by atoms with van der Waals surface area (Å²) in [6.45, 7) is 16.7. The van der Waals surface area contributed by atoms with Crippen LogP contribution in [0.15, 0.2) is 11.6 Å². The second kappa shape index (κ2) is 5.38. The predicted octanol–water partition coefficient (Wildman–Crippen LogP) is 5.15. The Bertz CT molecular complexity index is 245. The molecule has 0 bridgehead atoms. The molecule has 0 heterocycles. The molecule has 0 spiro atoms. The van der Waals surface area contributed by atoms with Crippen molar-refractivity contribution >= 4 is 0 Å². The molecule has 0 nitrogen and oxygen atoms in total. The van der Waals surface area contributed by atoms with Gasteiger partial charge in [-0.05, 0) is 41.9 Å².